The average Bonchev–Trinajstić information content (AvgIpc) is 2.33. The van der Waals surface area contributed by atoms with Crippen LogP contribution < -0.4 is 16.5 Å². The summed E-state index contributed by atoms with van der Waals surface area (Å²) in [4.78, 5) is 14.9. The van der Waals surface area contributed by atoms with Crippen molar-refractivity contribution in [1.82, 2.24) is 4.98 Å². The van der Waals surface area contributed by atoms with Crippen LogP contribution in [0.3, 0.4) is 0 Å². The van der Waals surface area contributed by atoms with Gasteiger partial charge in [-0.05, 0) is 11.5 Å². The number of rotatable bonds is 6. The Morgan fingerprint density at radius 3 is 2.89 bits per heavy atom. The average molecular weight is 253 g/mol. The van der Waals surface area contributed by atoms with Crippen molar-refractivity contribution in [3.05, 3.63) is 17.8 Å². The Bertz CT molecular complexity index is 414. The van der Waals surface area contributed by atoms with Crippen LogP contribution in [0.15, 0.2) is 12.3 Å². The van der Waals surface area contributed by atoms with Gasteiger partial charge in [-0.2, -0.15) is 0 Å². The summed E-state index contributed by atoms with van der Waals surface area (Å²) in [6, 6.07) is 1.46. The standard InChI is InChI=1S/C10H16BN3O4/c1-7(15)18-6-8-9(11(16)17)2-4-13-10(8)14-5-3-12/h2,4,16-17H,3,5-6,12H2,1H3,(H,13,14). The van der Waals surface area contributed by atoms with E-state index in [1.165, 1.54) is 19.2 Å². The maximum atomic E-state index is 10.8. The largest absolute Gasteiger partial charge is 0.489 e. The van der Waals surface area contributed by atoms with Crippen molar-refractivity contribution in [2.45, 2.75) is 13.5 Å². The second kappa shape index (κ2) is 6.95. The van der Waals surface area contributed by atoms with Gasteiger partial charge in [-0.3, -0.25) is 4.79 Å². The van der Waals surface area contributed by atoms with Gasteiger partial charge in [0.05, 0.1) is 0 Å². The fourth-order valence-electron chi connectivity index (χ4n) is 1.42. The van der Waals surface area contributed by atoms with Crippen molar-refractivity contribution in [2.75, 3.05) is 18.4 Å². The molecule has 0 bridgehead atoms. The van der Waals surface area contributed by atoms with Gasteiger partial charge in [0.25, 0.3) is 0 Å². The molecule has 0 saturated carbocycles. The van der Waals surface area contributed by atoms with Crippen LogP contribution in [-0.2, 0) is 16.1 Å². The lowest BCUT2D eigenvalue weighted by atomic mass is 9.77. The molecule has 0 aliphatic rings. The number of aromatic nitrogens is 1. The number of pyridine rings is 1. The number of anilines is 1. The normalized spacial score (nSPS) is 10.0. The fourth-order valence-corrected chi connectivity index (χ4v) is 1.42. The summed E-state index contributed by atoms with van der Waals surface area (Å²) in [5.41, 5.74) is 6.04. The van der Waals surface area contributed by atoms with Crippen molar-refractivity contribution in [3.8, 4) is 0 Å². The van der Waals surface area contributed by atoms with Gasteiger partial charge >= 0.3 is 13.1 Å². The molecule has 18 heavy (non-hydrogen) atoms. The molecule has 98 valence electrons. The first-order valence-electron chi connectivity index (χ1n) is 5.47. The van der Waals surface area contributed by atoms with Gasteiger partial charge in [-0.25, -0.2) is 4.98 Å². The SMILES string of the molecule is CC(=O)OCc1c(B(O)O)ccnc1NCCN. The Kier molecular flexibility index (Phi) is 5.57. The number of hydrogen-bond donors (Lipinski definition) is 4. The first kappa shape index (κ1) is 14.4. The highest BCUT2D eigenvalue weighted by Gasteiger charge is 2.20. The van der Waals surface area contributed by atoms with E-state index in [4.69, 9.17) is 10.5 Å². The van der Waals surface area contributed by atoms with Gasteiger partial charge in [0.2, 0.25) is 0 Å². The first-order chi connectivity index (χ1) is 8.56. The summed E-state index contributed by atoms with van der Waals surface area (Å²) in [5.74, 6) is -0.0330. The van der Waals surface area contributed by atoms with Gasteiger partial charge in [-0.1, -0.05) is 0 Å². The van der Waals surface area contributed by atoms with Gasteiger partial charge in [-0.15, -0.1) is 0 Å². The highest BCUT2D eigenvalue weighted by Crippen LogP contribution is 2.11. The quantitative estimate of drug-likeness (QED) is 0.348. The number of nitrogens with zero attached hydrogens (tertiary/aromatic N) is 1. The Balaban J connectivity index is 3.00. The van der Waals surface area contributed by atoms with Crippen molar-refractivity contribution in [2.24, 2.45) is 5.73 Å². The molecule has 8 heteroatoms. The Morgan fingerprint density at radius 2 is 2.33 bits per heavy atom. The van der Waals surface area contributed by atoms with Gasteiger partial charge in [0, 0.05) is 31.8 Å². The minimum atomic E-state index is -1.66. The second-order valence-corrected chi connectivity index (χ2v) is 3.60. The third-order valence-electron chi connectivity index (χ3n) is 2.23. The molecule has 0 saturated heterocycles. The van der Waals surface area contributed by atoms with Gasteiger partial charge in [0.15, 0.2) is 0 Å². The monoisotopic (exact) mass is 253 g/mol. The van der Waals surface area contributed by atoms with Crippen LogP contribution in [0.1, 0.15) is 12.5 Å². The summed E-state index contributed by atoms with van der Waals surface area (Å²) in [5, 5.41) is 21.4. The molecule has 5 N–H and O–H groups in total. The minimum absolute atomic E-state index is 0.0803. The summed E-state index contributed by atoms with van der Waals surface area (Å²) >= 11 is 0. The van der Waals surface area contributed by atoms with E-state index < -0.39 is 13.1 Å². The highest BCUT2D eigenvalue weighted by molar-refractivity contribution is 6.59. The lowest BCUT2D eigenvalue weighted by molar-refractivity contribution is -0.142. The molecule has 0 aliphatic carbocycles. The van der Waals surface area contributed by atoms with Gasteiger partial charge in [0.1, 0.15) is 12.4 Å². The molecule has 0 fully saturated rings. The Labute approximate surface area is 105 Å². The Hall–Kier alpha value is -1.64. The van der Waals surface area contributed by atoms with E-state index in [0.717, 1.165) is 0 Å². The zero-order chi connectivity index (χ0) is 13.5. The number of esters is 1. The van der Waals surface area contributed by atoms with Crippen LogP contribution in [0, 0.1) is 0 Å². The minimum Gasteiger partial charge on any atom is -0.461 e. The van der Waals surface area contributed by atoms with E-state index in [0.29, 0.717) is 24.5 Å². The van der Waals surface area contributed by atoms with Crippen molar-refractivity contribution < 1.29 is 19.6 Å². The lowest BCUT2D eigenvalue weighted by Gasteiger charge is -2.14. The highest BCUT2D eigenvalue weighted by atomic mass is 16.5. The molecule has 0 aliphatic heterocycles. The first-order valence-corrected chi connectivity index (χ1v) is 5.47. The molecule has 0 aromatic carbocycles. The fraction of sp³-hybridized carbons (Fsp3) is 0.400. The smallest absolute Gasteiger partial charge is 0.461 e. The number of nitrogens with one attached hydrogen (secondary N) is 1. The topological polar surface area (TPSA) is 118 Å². The molecule has 1 rings (SSSR count). The van der Waals surface area contributed by atoms with E-state index >= 15 is 0 Å². The third kappa shape index (κ3) is 3.99. The Morgan fingerprint density at radius 1 is 1.61 bits per heavy atom. The van der Waals surface area contributed by atoms with Gasteiger partial charge < -0.3 is 25.8 Å². The molecule has 1 heterocycles. The molecule has 0 radical (unpaired) electrons. The lowest BCUT2D eigenvalue weighted by Crippen LogP contribution is -2.34. The van der Waals surface area contributed by atoms with E-state index in [9.17, 15) is 14.8 Å². The maximum absolute atomic E-state index is 10.8. The number of nitrogens with two attached hydrogens (primary N) is 1. The molecule has 0 unspecified atom stereocenters. The molecule has 7 nitrogen and oxygen atoms in total. The van der Waals surface area contributed by atoms with Crippen LogP contribution in [-0.4, -0.2) is 41.2 Å². The molecule has 1 aromatic heterocycles. The summed E-state index contributed by atoms with van der Waals surface area (Å²) < 4.78 is 4.87. The molecular formula is C10H16BN3O4. The van der Waals surface area contributed by atoms with E-state index in [1.54, 1.807) is 0 Å². The van der Waals surface area contributed by atoms with Crippen LogP contribution >= 0.6 is 0 Å². The number of hydrogen-bond acceptors (Lipinski definition) is 7. The molecule has 0 spiro atoms. The van der Waals surface area contributed by atoms with Crippen LogP contribution in [0.4, 0.5) is 5.82 Å². The van der Waals surface area contributed by atoms with Crippen LogP contribution in [0.2, 0.25) is 0 Å². The number of ether oxygens (including phenoxy) is 1. The summed E-state index contributed by atoms with van der Waals surface area (Å²) in [6.45, 7) is 2.08. The predicted molar refractivity (Wildman–Crippen MR) is 67.1 cm³/mol. The van der Waals surface area contributed by atoms with E-state index in [1.807, 2.05) is 0 Å². The molecular weight excluding hydrogens is 237 g/mol. The van der Waals surface area contributed by atoms with Crippen LogP contribution in [0.5, 0.6) is 0 Å². The third-order valence-corrected chi connectivity index (χ3v) is 2.23. The van der Waals surface area contributed by atoms with Crippen molar-refractivity contribution in [3.63, 3.8) is 0 Å². The van der Waals surface area contributed by atoms with Crippen LogP contribution in [0.25, 0.3) is 0 Å². The molecule has 0 atom stereocenters. The summed E-state index contributed by atoms with van der Waals surface area (Å²) in [6.07, 6.45) is 1.44. The van der Waals surface area contributed by atoms with Crippen molar-refractivity contribution in [1.29, 1.82) is 0 Å². The maximum Gasteiger partial charge on any atom is 0.489 e. The van der Waals surface area contributed by atoms with E-state index in [2.05, 4.69) is 10.3 Å². The zero-order valence-electron chi connectivity index (χ0n) is 10.1. The second-order valence-electron chi connectivity index (χ2n) is 3.60. The zero-order valence-corrected chi connectivity index (χ0v) is 10.1. The molecule has 1 aromatic rings. The molecule has 0 amide bonds. The van der Waals surface area contributed by atoms with Crippen molar-refractivity contribution >= 4 is 24.4 Å². The predicted octanol–water partition coefficient (Wildman–Crippen LogP) is -1.80. The number of carbonyl (C=O) groups excluding carboxylic acids is 1. The number of carbonyl (C=O) groups is 1. The van der Waals surface area contributed by atoms with E-state index in [-0.39, 0.29) is 12.1 Å². The summed E-state index contributed by atoms with van der Waals surface area (Å²) in [7, 11) is -1.66.